The molecule has 0 spiro atoms. The highest BCUT2D eigenvalue weighted by atomic mass is 35.5. The summed E-state index contributed by atoms with van der Waals surface area (Å²) < 4.78 is 0. The fourth-order valence-electron chi connectivity index (χ4n) is 1.000. The van der Waals surface area contributed by atoms with Crippen LogP contribution in [-0.2, 0) is 0 Å². The van der Waals surface area contributed by atoms with Crippen LogP contribution in [0.4, 0.5) is 0 Å². The van der Waals surface area contributed by atoms with Crippen molar-refractivity contribution in [1.82, 2.24) is 15.2 Å². The first-order valence-electron chi connectivity index (χ1n) is 3.41. The highest BCUT2D eigenvalue weighted by molar-refractivity contribution is 6.34. The van der Waals surface area contributed by atoms with E-state index in [1.807, 2.05) is 0 Å². The average molecular weight is 198 g/mol. The molecule has 2 N–H and O–H groups in total. The number of nitrogens with zero attached hydrogens (tertiary/aromatic N) is 2. The molecule has 2 heterocycles. The SMILES string of the molecule is O=C(O)c1cc2c(Cl)[nH]nc2cn1. The van der Waals surface area contributed by atoms with Crippen LogP contribution >= 0.6 is 11.6 Å². The summed E-state index contributed by atoms with van der Waals surface area (Å²) in [6.45, 7) is 0. The monoisotopic (exact) mass is 197 g/mol. The van der Waals surface area contributed by atoms with Gasteiger partial charge in [-0.05, 0) is 6.07 Å². The number of carbonyl (C=O) groups is 1. The molecule has 6 heteroatoms. The Morgan fingerprint density at radius 1 is 1.62 bits per heavy atom. The molecule has 13 heavy (non-hydrogen) atoms. The van der Waals surface area contributed by atoms with Gasteiger partial charge in [-0.3, -0.25) is 5.10 Å². The van der Waals surface area contributed by atoms with Crippen molar-refractivity contribution in [2.45, 2.75) is 0 Å². The first kappa shape index (κ1) is 8.00. The fourth-order valence-corrected chi connectivity index (χ4v) is 1.19. The molecule has 5 nitrogen and oxygen atoms in total. The lowest BCUT2D eigenvalue weighted by molar-refractivity contribution is 0.0691. The molecule has 0 aromatic carbocycles. The van der Waals surface area contributed by atoms with Crippen molar-refractivity contribution in [2.75, 3.05) is 0 Å². The molecular formula is C7H4ClN3O2. The number of rotatable bonds is 1. The van der Waals surface area contributed by atoms with Crippen molar-refractivity contribution in [2.24, 2.45) is 0 Å². The van der Waals surface area contributed by atoms with Gasteiger partial charge in [-0.1, -0.05) is 11.6 Å². The van der Waals surface area contributed by atoms with Crippen molar-refractivity contribution in [3.63, 3.8) is 0 Å². The van der Waals surface area contributed by atoms with E-state index in [1.54, 1.807) is 0 Å². The molecule has 0 amide bonds. The minimum absolute atomic E-state index is 0.0456. The zero-order valence-electron chi connectivity index (χ0n) is 6.28. The summed E-state index contributed by atoms with van der Waals surface area (Å²) in [4.78, 5) is 14.2. The van der Waals surface area contributed by atoms with Gasteiger partial charge < -0.3 is 5.11 Å². The van der Waals surface area contributed by atoms with E-state index in [4.69, 9.17) is 16.7 Å². The van der Waals surface area contributed by atoms with Crippen LogP contribution in [0.3, 0.4) is 0 Å². The Bertz CT molecular complexity index is 480. The Hall–Kier alpha value is -1.62. The van der Waals surface area contributed by atoms with Crippen molar-refractivity contribution in [3.8, 4) is 0 Å². The zero-order valence-corrected chi connectivity index (χ0v) is 7.04. The highest BCUT2D eigenvalue weighted by Gasteiger charge is 2.08. The van der Waals surface area contributed by atoms with Gasteiger partial charge in [0.25, 0.3) is 0 Å². The van der Waals surface area contributed by atoms with Gasteiger partial charge in [-0.2, -0.15) is 5.10 Å². The molecule has 2 rings (SSSR count). The number of halogens is 1. The van der Waals surface area contributed by atoms with Crippen molar-refractivity contribution >= 4 is 28.5 Å². The third kappa shape index (κ3) is 1.23. The summed E-state index contributed by atoms with van der Waals surface area (Å²) in [6, 6.07) is 1.38. The van der Waals surface area contributed by atoms with E-state index in [2.05, 4.69) is 15.2 Å². The van der Waals surface area contributed by atoms with Gasteiger partial charge in [-0.25, -0.2) is 9.78 Å². The van der Waals surface area contributed by atoms with Crippen molar-refractivity contribution in [3.05, 3.63) is 23.1 Å². The Kier molecular flexibility index (Phi) is 1.66. The van der Waals surface area contributed by atoms with E-state index in [9.17, 15) is 4.79 Å². The van der Waals surface area contributed by atoms with E-state index in [-0.39, 0.29) is 5.69 Å². The standard InChI is InChI=1S/C7H4ClN3O2/c8-6-3-1-4(7(12)13)9-2-5(3)10-11-6/h1-2H,(H,10,11)(H,12,13). The van der Waals surface area contributed by atoms with Crippen LogP contribution in [0.2, 0.25) is 5.15 Å². The zero-order chi connectivity index (χ0) is 9.42. The Morgan fingerprint density at radius 2 is 2.38 bits per heavy atom. The summed E-state index contributed by atoms with van der Waals surface area (Å²) >= 11 is 5.71. The number of hydrogen-bond donors (Lipinski definition) is 2. The number of carboxylic acid groups (broad SMARTS) is 1. The lowest BCUT2D eigenvalue weighted by Crippen LogP contribution is -1.98. The third-order valence-corrected chi connectivity index (χ3v) is 1.90. The minimum atomic E-state index is -1.08. The molecule has 0 radical (unpaired) electrons. The van der Waals surface area contributed by atoms with E-state index < -0.39 is 5.97 Å². The molecule has 0 atom stereocenters. The lowest BCUT2D eigenvalue weighted by atomic mass is 10.3. The molecule has 0 saturated carbocycles. The maximum atomic E-state index is 10.5. The highest BCUT2D eigenvalue weighted by Crippen LogP contribution is 2.19. The molecule has 2 aromatic heterocycles. The maximum Gasteiger partial charge on any atom is 0.354 e. The number of carboxylic acids is 1. The number of fused-ring (bicyclic) bond motifs is 1. The maximum absolute atomic E-state index is 10.5. The van der Waals surface area contributed by atoms with E-state index in [0.29, 0.717) is 16.1 Å². The summed E-state index contributed by atoms with van der Waals surface area (Å²) in [5, 5.41) is 15.9. The fraction of sp³-hybridized carbons (Fsp3) is 0. The predicted molar refractivity (Wildman–Crippen MR) is 45.9 cm³/mol. The molecule has 0 bridgehead atoms. The Balaban J connectivity index is 2.72. The molecule has 0 saturated heterocycles. The molecule has 0 fully saturated rings. The van der Waals surface area contributed by atoms with Gasteiger partial charge in [0, 0.05) is 5.39 Å². The van der Waals surface area contributed by atoms with Crippen LogP contribution in [-0.4, -0.2) is 26.3 Å². The molecule has 0 aliphatic rings. The van der Waals surface area contributed by atoms with Gasteiger partial charge >= 0.3 is 5.97 Å². The molecular weight excluding hydrogens is 194 g/mol. The van der Waals surface area contributed by atoms with Gasteiger partial charge in [0.2, 0.25) is 0 Å². The number of aromatic carboxylic acids is 1. The van der Waals surface area contributed by atoms with Crippen molar-refractivity contribution in [1.29, 1.82) is 0 Å². The second-order valence-corrected chi connectivity index (χ2v) is 2.81. The quantitative estimate of drug-likeness (QED) is 0.723. The summed E-state index contributed by atoms with van der Waals surface area (Å²) in [5.74, 6) is -1.08. The van der Waals surface area contributed by atoms with E-state index in [0.717, 1.165) is 0 Å². The van der Waals surface area contributed by atoms with Crippen LogP contribution in [0, 0.1) is 0 Å². The number of H-pyrrole nitrogens is 1. The normalized spacial score (nSPS) is 10.5. The van der Waals surface area contributed by atoms with Crippen LogP contribution in [0.15, 0.2) is 12.3 Å². The lowest BCUT2D eigenvalue weighted by Gasteiger charge is -1.92. The number of aromatic nitrogens is 3. The average Bonchev–Trinajstić information content (AvgIpc) is 2.47. The third-order valence-electron chi connectivity index (χ3n) is 1.61. The van der Waals surface area contributed by atoms with Crippen LogP contribution in [0.25, 0.3) is 10.9 Å². The largest absolute Gasteiger partial charge is 0.477 e. The van der Waals surface area contributed by atoms with Gasteiger partial charge in [0.05, 0.1) is 6.20 Å². The summed E-state index contributed by atoms with van der Waals surface area (Å²) in [5.41, 5.74) is 0.505. The van der Waals surface area contributed by atoms with Gasteiger partial charge in [0.1, 0.15) is 16.4 Å². The molecule has 0 aliphatic heterocycles. The number of pyridine rings is 1. The van der Waals surface area contributed by atoms with Crippen LogP contribution in [0.1, 0.15) is 10.5 Å². The first-order valence-corrected chi connectivity index (χ1v) is 3.79. The van der Waals surface area contributed by atoms with Gasteiger partial charge in [-0.15, -0.1) is 0 Å². The minimum Gasteiger partial charge on any atom is -0.477 e. The Labute approximate surface area is 77.4 Å². The Morgan fingerprint density at radius 3 is 3.08 bits per heavy atom. The van der Waals surface area contributed by atoms with Crippen molar-refractivity contribution < 1.29 is 9.90 Å². The molecule has 0 unspecified atom stereocenters. The van der Waals surface area contributed by atoms with E-state index in [1.165, 1.54) is 12.3 Å². The van der Waals surface area contributed by atoms with Crippen LogP contribution < -0.4 is 0 Å². The topological polar surface area (TPSA) is 78.9 Å². The number of nitrogens with one attached hydrogen (secondary N) is 1. The number of hydrogen-bond acceptors (Lipinski definition) is 3. The van der Waals surface area contributed by atoms with Gasteiger partial charge in [0.15, 0.2) is 0 Å². The molecule has 0 aliphatic carbocycles. The first-order chi connectivity index (χ1) is 6.18. The summed E-state index contributed by atoms with van der Waals surface area (Å²) in [7, 11) is 0. The number of aromatic amines is 1. The second-order valence-electron chi connectivity index (χ2n) is 2.43. The summed E-state index contributed by atoms with van der Waals surface area (Å²) in [6.07, 6.45) is 1.36. The van der Waals surface area contributed by atoms with E-state index >= 15 is 0 Å². The second kappa shape index (κ2) is 2.70. The predicted octanol–water partition coefficient (Wildman–Crippen LogP) is 1.31. The van der Waals surface area contributed by atoms with Crippen LogP contribution in [0.5, 0.6) is 0 Å². The molecule has 66 valence electrons. The molecule has 2 aromatic rings. The smallest absolute Gasteiger partial charge is 0.354 e.